The zero-order valence-corrected chi connectivity index (χ0v) is 20.2. The van der Waals surface area contributed by atoms with E-state index in [1.165, 1.54) is 25.9 Å². The second kappa shape index (κ2) is 10.0. The minimum atomic E-state index is 0.0840. The highest BCUT2D eigenvalue weighted by Gasteiger charge is 2.27. The lowest BCUT2D eigenvalue weighted by Crippen LogP contribution is -2.42. The molecule has 2 aromatic heterocycles. The molecule has 0 aliphatic carbocycles. The second-order valence-corrected chi connectivity index (χ2v) is 9.38. The van der Waals surface area contributed by atoms with Gasteiger partial charge in [0.05, 0.1) is 12.8 Å². The molecule has 1 N–H and O–H groups in total. The van der Waals surface area contributed by atoms with Crippen molar-refractivity contribution in [2.45, 2.75) is 32.6 Å². The van der Waals surface area contributed by atoms with Crippen molar-refractivity contribution in [2.75, 3.05) is 51.3 Å². The van der Waals surface area contributed by atoms with Gasteiger partial charge in [-0.1, -0.05) is 0 Å². The number of aryl methyl sites for hydroxylation is 1. The molecule has 0 unspecified atom stereocenters. The van der Waals surface area contributed by atoms with Crippen LogP contribution in [-0.2, 0) is 4.79 Å². The molecule has 5 rings (SSSR count). The summed E-state index contributed by atoms with van der Waals surface area (Å²) in [7, 11) is 1.67. The Balaban J connectivity index is 1.25. The first-order chi connectivity index (χ1) is 16.6. The fourth-order valence-corrected chi connectivity index (χ4v) is 5.07. The lowest BCUT2D eigenvalue weighted by molar-refractivity contribution is -0.125. The van der Waals surface area contributed by atoms with Crippen LogP contribution in [0.5, 0.6) is 5.75 Å². The molecule has 4 heterocycles. The topological polar surface area (TPSA) is 75.0 Å². The zero-order valence-electron chi connectivity index (χ0n) is 20.2. The van der Waals surface area contributed by atoms with E-state index in [0.29, 0.717) is 0 Å². The second-order valence-electron chi connectivity index (χ2n) is 9.38. The van der Waals surface area contributed by atoms with Crippen molar-refractivity contribution in [1.82, 2.24) is 24.8 Å². The number of hydrogen-bond acceptors (Lipinski definition) is 6. The van der Waals surface area contributed by atoms with Crippen LogP contribution in [0.3, 0.4) is 0 Å². The smallest absolute Gasteiger partial charge is 0.223 e. The molecule has 0 saturated carbocycles. The summed E-state index contributed by atoms with van der Waals surface area (Å²) in [5.41, 5.74) is 3.71. The summed E-state index contributed by atoms with van der Waals surface area (Å²) in [5, 5.41) is 8.04. The van der Waals surface area contributed by atoms with E-state index in [4.69, 9.17) is 14.8 Å². The number of amides is 1. The maximum atomic E-state index is 12.7. The van der Waals surface area contributed by atoms with Gasteiger partial charge in [-0.15, -0.1) is 0 Å². The molecule has 2 fully saturated rings. The van der Waals surface area contributed by atoms with E-state index in [9.17, 15) is 4.79 Å². The Kier molecular flexibility index (Phi) is 6.67. The molecule has 34 heavy (non-hydrogen) atoms. The van der Waals surface area contributed by atoms with Gasteiger partial charge < -0.3 is 19.9 Å². The van der Waals surface area contributed by atoms with E-state index < -0.39 is 0 Å². The Labute approximate surface area is 200 Å². The third-order valence-corrected chi connectivity index (χ3v) is 7.04. The van der Waals surface area contributed by atoms with Gasteiger partial charge in [0.1, 0.15) is 11.6 Å². The van der Waals surface area contributed by atoms with Crippen LogP contribution in [0.4, 0.5) is 5.82 Å². The number of ether oxygens (including phenoxy) is 1. The molecule has 8 nitrogen and oxygen atoms in total. The highest BCUT2D eigenvalue weighted by atomic mass is 16.5. The molecule has 0 bridgehead atoms. The van der Waals surface area contributed by atoms with Gasteiger partial charge in [-0.3, -0.25) is 4.79 Å². The number of nitrogens with one attached hydrogen (secondary N) is 1. The number of benzene rings is 1. The average Bonchev–Trinajstić information content (AvgIpc) is 3.54. The first kappa shape index (κ1) is 22.7. The van der Waals surface area contributed by atoms with Crippen LogP contribution < -0.4 is 15.0 Å². The van der Waals surface area contributed by atoms with Crippen LogP contribution in [0, 0.1) is 12.8 Å². The molecule has 3 aromatic rings. The van der Waals surface area contributed by atoms with Crippen molar-refractivity contribution in [3.05, 3.63) is 42.1 Å². The minimum Gasteiger partial charge on any atom is -0.497 e. The predicted molar refractivity (Wildman–Crippen MR) is 133 cm³/mol. The van der Waals surface area contributed by atoms with Crippen LogP contribution in [0.1, 0.15) is 31.4 Å². The Morgan fingerprint density at radius 1 is 1.09 bits per heavy atom. The van der Waals surface area contributed by atoms with Gasteiger partial charge >= 0.3 is 0 Å². The molecular formula is C26H34N6O2. The number of nitrogens with zero attached hydrogens (tertiary/aromatic N) is 5. The number of carbonyl (C=O) groups is 1. The molecule has 0 atom stereocenters. The fraction of sp³-hybridized carbons (Fsp3) is 0.500. The van der Waals surface area contributed by atoms with E-state index in [1.54, 1.807) is 7.11 Å². The molecule has 2 aliphatic rings. The maximum absolute atomic E-state index is 12.7. The number of carbonyl (C=O) groups excluding carboxylic acids is 1. The van der Waals surface area contributed by atoms with Gasteiger partial charge in [0.2, 0.25) is 5.91 Å². The van der Waals surface area contributed by atoms with Gasteiger partial charge in [-0.05, 0) is 70.0 Å². The monoisotopic (exact) mass is 462 g/mol. The molecular weight excluding hydrogens is 428 g/mol. The van der Waals surface area contributed by atoms with Crippen LogP contribution in [0.15, 0.2) is 36.4 Å². The highest BCUT2D eigenvalue weighted by molar-refractivity contribution is 5.79. The number of methoxy groups -OCH3 is 1. The van der Waals surface area contributed by atoms with Crippen molar-refractivity contribution >= 4 is 17.4 Å². The number of piperidine rings is 1. The lowest BCUT2D eigenvalue weighted by Gasteiger charge is -2.33. The fourth-order valence-electron chi connectivity index (χ4n) is 5.07. The van der Waals surface area contributed by atoms with Gasteiger partial charge in [-0.25, -0.2) is 4.98 Å². The van der Waals surface area contributed by atoms with Crippen LogP contribution in [0.25, 0.3) is 16.9 Å². The molecule has 2 aliphatic heterocycles. The summed E-state index contributed by atoms with van der Waals surface area (Å²) in [4.78, 5) is 22.2. The summed E-state index contributed by atoms with van der Waals surface area (Å²) < 4.78 is 7.21. The number of hydrogen-bond donors (Lipinski definition) is 1. The SMILES string of the molecule is COc1ccc(-c2cc3nc(C)cc(N4CCC(C(=O)NCCN5CCCC5)CC4)n3n2)cc1. The largest absolute Gasteiger partial charge is 0.497 e. The zero-order chi connectivity index (χ0) is 23.5. The number of aromatic nitrogens is 3. The predicted octanol–water partition coefficient (Wildman–Crippen LogP) is 3.14. The van der Waals surface area contributed by atoms with Crippen molar-refractivity contribution in [1.29, 1.82) is 0 Å². The molecule has 0 radical (unpaired) electrons. The molecule has 1 amide bonds. The summed E-state index contributed by atoms with van der Waals surface area (Å²) >= 11 is 0. The Bertz CT molecular complexity index is 1130. The van der Waals surface area contributed by atoms with E-state index in [0.717, 1.165) is 73.2 Å². The molecule has 180 valence electrons. The van der Waals surface area contributed by atoms with Crippen LogP contribution in [0.2, 0.25) is 0 Å². The maximum Gasteiger partial charge on any atom is 0.223 e. The molecule has 0 spiro atoms. The minimum absolute atomic E-state index is 0.0840. The Hall–Kier alpha value is -3.13. The number of anilines is 1. The molecule has 1 aromatic carbocycles. The van der Waals surface area contributed by atoms with E-state index >= 15 is 0 Å². The highest BCUT2D eigenvalue weighted by Crippen LogP contribution is 2.28. The third kappa shape index (κ3) is 4.87. The van der Waals surface area contributed by atoms with Crippen molar-refractivity contribution < 1.29 is 9.53 Å². The molecule has 2 saturated heterocycles. The average molecular weight is 463 g/mol. The quantitative estimate of drug-likeness (QED) is 0.582. The first-order valence-corrected chi connectivity index (χ1v) is 12.4. The van der Waals surface area contributed by atoms with Crippen LogP contribution in [-0.4, -0.2) is 71.8 Å². The standard InChI is InChI=1S/C26H34N6O2/c1-19-17-25(32-24(28-19)18-23(29-32)20-5-7-22(34-2)8-6-20)31-14-9-21(10-15-31)26(33)27-11-16-30-12-3-4-13-30/h5-8,17-18,21H,3-4,9-16H2,1-2H3,(H,27,33). The first-order valence-electron chi connectivity index (χ1n) is 12.4. The van der Waals surface area contributed by atoms with Crippen molar-refractivity contribution in [3.63, 3.8) is 0 Å². The van der Waals surface area contributed by atoms with E-state index in [1.807, 2.05) is 41.8 Å². The number of fused-ring (bicyclic) bond motifs is 1. The van der Waals surface area contributed by atoms with E-state index in [-0.39, 0.29) is 11.8 Å². The Morgan fingerprint density at radius 3 is 2.53 bits per heavy atom. The summed E-state index contributed by atoms with van der Waals surface area (Å²) in [6.45, 7) is 7.74. The summed E-state index contributed by atoms with van der Waals surface area (Å²) in [6.07, 6.45) is 4.27. The normalized spacial score (nSPS) is 17.4. The summed E-state index contributed by atoms with van der Waals surface area (Å²) in [5.74, 6) is 2.15. The number of rotatable bonds is 7. The summed E-state index contributed by atoms with van der Waals surface area (Å²) in [6, 6.07) is 12.0. The van der Waals surface area contributed by atoms with Gasteiger partial charge in [0, 0.05) is 55.5 Å². The van der Waals surface area contributed by atoms with Gasteiger partial charge in [-0.2, -0.15) is 9.61 Å². The molecule has 8 heteroatoms. The lowest BCUT2D eigenvalue weighted by atomic mass is 9.96. The van der Waals surface area contributed by atoms with Crippen molar-refractivity contribution in [3.8, 4) is 17.0 Å². The van der Waals surface area contributed by atoms with Gasteiger partial charge in [0.25, 0.3) is 0 Å². The van der Waals surface area contributed by atoms with Crippen LogP contribution >= 0.6 is 0 Å². The van der Waals surface area contributed by atoms with Gasteiger partial charge in [0.15, 0.2) is 5.65 Å². The van der Waals surface area contributed by atoms with E-state index in [2.05, 4.69) is 21.2 Å². The third-order valence-electron chi connectivity index (χ3n) is 7.04. The Morgan fingerprint density at radius 2 is 1.82 bits per heavy atom. The number of likely N-dealkylation sites (tertiary alicyclic amines) is 1. The van der Waals surface area contributed by atoms with Crippen molar-refractivity contribution in [2.24, 2.45) is 5.92 Å².